The van der Waals surface area contributed by atoms with Crippen LogP contribution in [0, 0.1) is 0 Å². The van der Waals surface area contributed by atoms with Gasteiger partial charge in [0.2, 0.25) is 11.6 Å². The summed E-state index contributed by atoms with van der Waals surface area (Å²) in [7, 11) is 0. The van der Waals surface area contributed by atoms with Crippen molar-refractivity contribution >= 4 is 34.1 Å². The summed E-state index contributed by atoms with van der Waals surface area (Å²) in [5, 5.41) is 23.1. The number of cyclic esters (lactones) is 1. The molecule has 5 rings (SSSR count). The summed E-state index contributed by atoms with van der Waals surface area (Å²) in [5.74, 6) is -4.39. The topological polar surface area (TPSA) is 101 Å². The highest BCUT2D eigenvalue weighted by Crippen LogP contribution is 2.44. The molecule has 1 aliphatic carbocycles. The molecule has 6 nitrogen and oxygen atoms in total. The normalized spacial score (nSPS) is 17.2. The number of benzene rings is 3. The molecule has 1 unspecified atom stereocenters. The second-order valence-corrected chi connectivity index (χ2v) is 7.40. The Balaban J connectivity index is 1.87. The minimum absolute atomic E-state index is 0.0950. The first-order chi connectivity index (χ1) is 15.0. The molecule has 6 heteroatoms. The molecule has 0 amide bonds. The van der Waals surface area contributed by atoms with Crippen LogP contribution < -0.4 is 0 Å². The molecule has 0 saturated heterocycles. The Kier molecular flexibility index (Phi) is 4.22. The third-order valence-corrected chi connectivity index (χ3v) is 5.72. The number of rotatable bonds is 3. The number of hydrogen-bond donors (Lipinski definition) is 2. The number of hydrogen-bond acceptors (Lipinski definition) is 6. The van der Waals surface area contributed by atoms with Crippen molar-refractivity contribution in [3.05, 3.63) is 100 Å². The highest BCUT2D eigenvalue weighted by molar-refractivity contribution is 6.52. The molecule has 152 valence electrons. The van der Waals surface area contributed by atoms with Crippen LogP contribution >= 0.6 is 0 Å². The van der Waals surface area contributed by atoms with E-state index < -0.39 is 29.2 Å². The van der Waals surface area contributed by atoms with E-state index in [0.29, 0.717) is 5.56 Å². The zero-order valence-corrected chi connectivity index (χ0v) is 16.2. The van der Waals surface area contributed by atoms with Gasteiger partial charge < -0.3 is 14.9 Å². The lowest BCUT2D eigenvalue weighted by Gasteiger charge is -2.26. The van der Waals surface area contributed by atoms with Gasteiger partial charge in [0.15, 0.2) is 0 Å². The summed E-state index contributed by atoms with van der Waals surface area (Å²) in [6.07, 6.45) is 0. The summed E-state index contributed by atoms with van der Waals surface area (Å²) >= 11 is 0. The van der Waals surface area contributed by atoms with Crippen molar-refractivity contribution in [2.75, 3.05) is 6.61 Å². The van der Waals surface area contributed by atoms with Crippen molar-refractivity contribution in [3.8, 4) is 0 Å². The number of ether oxygens (including phenoxy) is 1. The molecular weight excluding hydrogens is 396 g/mol. The molecule has 0 fully saturated rings. The van der Waals surface area contributed by atoms with Crippen molar-refractivity contribution in [2.45, 2.75) is 5.92 Å². The minimum atomic E-state index is -1.18. The molecular formula is C25H16O6. The van der Waals surface area contributed by atoms with E-state index in [1.54, 1.807) is 24.3 Å². The summed E-state index contributed by atoms with van der Waals surface area (Å²) in [6.45, 7) is -0.331. The van der Waals surface area contributed by atoms with Gasteiger partial charge in [-0.25, -0.2) is 4.79 Å². The molecule has 1 aliphatic heterocycles. The fourth-order valence-electron chi connectivity index (χ4n) is 4.30. The minimum Gasteiger partial charge on any atom is -0.508 e. The zero-order chi connectivity index (χ0) is 21.7. The Morgan fingerprint density at radius 1 is 0.742 bits per heavy atom. The summed E-state index contributed by atoms with van der Waals surface area (Å²) < 4.78 is 4.99. The highest BCUT2D eigenvalue weighted by atomic mass is 16.5. The summed E-state index contributed by atoms with van der Waals surface area (Å²) in [5.41, 5.74) is 0.399. The number of fused-ring (bicyclic) bond motifs is 2. The van der Waals surface area contributed by atoms with Crippen molar-refractivity contribution in [3.63, 3.8) is 0 Å². The molecule has 1 atom stereocenters. The van der Waals surface area contributed by atoms with E-state index in [2.05, 4.69) is 0 Å². The Morgan fingerprint density at radius 3 is 2.16 bits per heavy atom. The van der Waals surface area contributed by atoms with Crippen LogP contribution in [-0.2, 0) is 14.3 Å². The maximum absolute atomic E-state index is 13.2. The van der Waals surface area contributed by atoms with Crippen LogP contribution in [0.3, 0.4) is 0 Å². The van der Waals surface area contributed by atoms with E-state index in [1.807, 2.05) is 30.3 Å². The third-order valence-electron chi connectivity index (χ3n) is 5.72. The molecule has 0 bridgehead atoms. The molecule has 3 aromatic carbocycles. The standard InChI is InChI=1S/C25H16O6/c26-18-12-31-25(30)20(18)19(15-11-5-7-13-6-1-2-8-14(13)15)21-22(27)16-9-3-4-10-17(16)23(28)24(21)29/h1-11,19,26-27H,12H2. The fourth-order valence-corrected chi connectivity index (χ4v) is 4.30. The lowest BCUT2D eigenvalue weighted by atomic mass is 9.75. The van der Waals surface area contributed by atoms with E-state index >= 15 is 0 Å². The quantitative estimate of drug-likeness (QED) is 0.498. The second kappa shape index (κ2) is 6.95. The number of aliphatic hydroxyl groups is 2. The van der Waals surface area contributed by atoms with E-state index in [1.165, 1.54) is 12.1 Å². The molecule has 0 aromatic heterocycles. The van der Waals surface area contributed by atoms with Gasteiger partial charge in [0.1, 0.15) is 18.1 Å². The van der Waals surface area contributed by atoms with Crippen molar-refractivity contribution in [1.29, 1.82) is 0 Å². The Hall–Kier alpha value is -4.19. The van der Waals surface area contributed by atoms with Gasteiger partial charge in [0, 0.05) is 11.1 Å². The first-order valence-corrected chi connectivity index (χ1v) is 9.67. The van der Waals surface area contributed by atoms with Gasteiger partial charge in [-0.05, 0) is 16.3 Å². The number of carbonyl (C=O) groups is 3. The molecule has 0 spiro atoms. The number of ketones is 2. The van der Waals surface area contributed by atoms with Gasteiger partial charge in [-0.2, -0.15) is 0 Å². The molecule has 0 radical (unpaired) electrons. The van der Waals surface area contributed by atoms with Gasteiger partial charge in [-0.3, -0.25) is 9.59 Å². The lowest BCUT2D eigenvalue weighted by Crippen LogP contribution is -2.29. The molecule has 2 N–H and O–H groups in total. The zero-order valence-electron chi connectivity index (χ0n) is 16.2. The molecule has 31 heavy (non-hydrogen) atoms. The van der Waals surface area contributed by atoms with Crippen LogP contribution in [0.25, 0.3) is 16.5 Å². The van der Waals surface area contributed by atoms with Crippen LogP contribution in [-0.4, -0.2) is 34.4 Å². The van der Waals surface area contributed by atoms with Crippen LogP contribution in [0.5, 0.6) is 0 Å². The first-order valence-electron chi connectivity index (χ1n) is 9.67. The predicted octanol–water partition coefficient (Wildman–Crippen LogP) is 4.03. The average Bonchev–Trinajstić information content (AvgIpc) is 3.12. The number of Topliss-reactive ketones (excluding diaryl/α,β-unsaturated/α-hetero) is 2. The Bertz CT molecular complexity index is 1360. The fraction of sp³-hybridized carbons (Fsp3) is 0.0800. The van der Waals surface area contributed by atoms with E-state index in [0.717, 1.165) is 10.8 Å². The SMILES string of the molecule is O=C1OCC(O)=C1C(C1=C(O)c2ccccc2C(=O)C1=O)c1cccc2ccccc12. The summed E-state index contributed by atoms with van der Waals surface area (Å²) in [6, 6.07) is 18.9. The van der Waals surface area contributed by atoms with Gasteiger partial charge in [0.25, 0.3) is 0 Å². The second-order valence-electron chi connectivity index (χ2n) is 7.40. The van der Waals surface area contributed by atoms with Gasteiger partial charge in [0.05, 0.1) is 17.1 Å². The van der Waals surface area contributed by atoms with Crippen LogP contribution in [0.15, 0.2) is 83.6 Å². The summed E-state index contributed by atoms with van der Waals surface area (Å²) in [4.78, 5) is 38.6. The van der Waals surface area contributed by atoms with Crippen LogP contribution in [0.2, 0.25) is 0 Å². The molecule has 1 heterocycles. The maximum atomic E-state index is 13.2. The largest absolute Gasteiger partial charge is 0.508 e. The van der Waals surface area contributed by atoms with Gasteiger partial charge in [-0.15, -0.1) is 0 Å². The van der Waals surface area contributed by atoms with E-state index in [-0.39, 0.29) is 34.6 Å². The predicted molar refractivity (Wildman–Crippen MR) is 113 cm³/mol. The number of carbonyl (C=O) groups excluding carboxylic acids is 3. The Labute approximate surface area is 176 Å². The molecule has 3 aromatic rings. The average molecular weight is 412 g/mol. The number of esters is 1. The first kappa shape index (κ1) is 18.8. The van der Waals surface area contributed by atoms with Crippen LogP contribution in [0.4, 0.5) is 0 Å². The van der Waals surface area contributed by atoms with Crippen molar-refractivity contribution in [1.82, 2.24) is 0 Å². The van der Waals surface area contributed by atoms with E-state index in [4.69, 9.17) is 4.74 Å². The Morgan fingerprint density at radius 2 is 1.42 bits per heavy atom. The number of allylic oxidation sites excluding steroid dienone is 1. The van der Waals surface area contributed by atoms with Crippen LogP contribution in [0.1, 0.15) is 27.4 Å². The molecule has 2 aliphatic rings. The van der Waals surface area contributed by atoms with E-state index in [9.17, 15) is 24.6 Å². The maximum Gasteiger partial charge on any atom is 0.338 e. The van der Waals surface area contributed by atoms with Gasteiger partial charge in [-0.1, -0.05) is 66.7 Å². The molecule has 0 saturated carbocycles. The third kappa shape index (κ3) is 2.76. The lowest BCUT2D eigenvalue weighted by molar-refractivity contribution is -0.136. The number of aliphatic hydroxyl groups excluding tert-OH is 2. The highest BCUT2D eigenvalue weighted by Gasteiger charge is 2.44. The smallest absolute Gasteiger partial charge is 0.338 e. The monoisotopic (exact) mass is 412 g/mol. The van der Waals surface area contributed by atoms with Crippen molar-refractivity contribution < 1.29 is 29.3 Å². The van der Waals surface area contributed by atoms with Crippen molar-refractivity contribution in [2.24, 2.45) is 0 Å². The van der Waals surface area contributed by atoms with Gasteiger partial charge >= 0.3 is 5.97 Å².